The molecule has 0 aliphatic rings. The van der Waals surface area contributed by atoms with Crippen LogP contribution in [0.25, 0.3) is 5.95 Å². The van der Waals surface area contributed by atoms with Gasteiger partial charge in [0, 0.05) is 0 Å². The SMILES string of the molecule is O=[N+]([O-])c1nc(-n2cc([N+](=O)[O-])c([N+](=O)[O-])n2)n[nH]1. The second kappa shape index (κ2) is 4.09. The maximum Gasteiger partial charge on any atom is 0.468 e. The molecule has 2 aromatic rings. The van der Waals surface area contributed by atoms with Crippen LogP contribution in [0.3, 0.4) is 0 Å². The number of nitro groups is 3. The molecular formula is C5H2N8O6. The van der Waals surface area contributed by atoms with Crippen LogP contribution < -0.4 is 0 Å². The van der Waals surface area contributed by atoms with Crippen LogP contribution in [0.1, 0.15) is 0 Å². The van der Waals surface area contributed by atoms with E-state index in [-0.39, 0.29) is 0 Å². The molecular weight excluding hydrogens is 268 g/mol. The van der Waals surface area contributed by atoms with Crippen LogP contribution in [0.5, 0.6) is 0 Å². The van der Waals surface area contributed by atoms with Gasteiger partial charge >= 0.3 is 23.4 Å². The average molecular weight is 270 g/mol. The fourth-order valence-electron chi connectivity index (χ4n) is 1.15. The van der Waals surface area contributed by atoms with Crippen LogP contribution in [0, 0.1) is 30.3 Å². The van der Waals surface area contributed by atoms with Gasteiger partial charge in [-0.2, -0.15) is 0 Å². The van der Waals surface area contributed by atoms with E-state index in [9.17, 15) is 30.3 Å². The molecule has 2 heterocycles. The van der Waals surface area contributed by atoms with E-state index in [0.717, 1.165) is 0 Å². The molecule has 0 spiro atoms. The van der Waals surface area contributed by atoms with Gasteiger partial charge in [-0.15, -0.1) is 5.10 Å². The summed E-state index contributed by atoms with van der Waals surface area (Å²) in [6, 6.07) is 0. The first-order valence-corrected chi connectivity index (χ1v) is 4.35. The molecule has 14 nitrogen and oxygen atoms in total. The monoisotopic (exact) mass is 270 g/mol. The molecule has 1 N–H and O–H groups in total. The minimum atomic E-state index is -1.06. The molecule has 98 valence electrons. The van der Waals surface area contributed by atoms with Gasteiger partial charge in [0.05, 0.1) is 10.0 Å². The quantitative estimate of drug-likeness (QED) is 0.574. The zero-order chi connectivity index (χ0) is 14.2. The van der Waals surface area contributed by atoms with Gasteiger partial charge in [-0.3, -0.25) is 10.1 Å². The number of hydrogen-bond acceptors (Lipinski definition) is 9. The van der Waals surface area contributed by atoms with Crippen molar-refractivity contribution in [1.82, 2.24) is 25.0 Å². The number of aromatic amines is 1. The van der Waals surface area contributed by atoms with E-state index in [0.29, 0.717) is 10.9 Å². The van der Waals surface area contributed by atoms with E-state index in [1.807, 2.05) is 5.10 Å². The number of nitrogens with zero attached hydrogens (tertiary/aromatic N) is 7. The Bertz CT molecular complexity index is 654. The number of H-pyrrole nitrogens is 1. The molecule has 0 unspecified atom stereocenters. The number of aromatic nitrogens is 5. The lowest BCUT2D eigenvalue weighted by Crippen LogP contribution is -1.99. The maximum absolute atomic E-state index is 10.6. The minimum Gasteiger partial charge on any atom is -0.390 e. The third kappa shape index (κ3) is 2.04. The number of hydrogen-bond donors (Lipinski definition) is 1. The van der Waals surface area contributed by atoms with Crippen molar-refractivity contribution in [2.24, 2.45) is 0 Å². The highest BCUT2D eigenvalue weighted by Crippen LogP contribution is 2.25. The second-order valence-corrected chi connectivity index (χ2v) is 3.01. The van der Waals surface area contributed by atoms with Crippen molar-refractivity contribution in [2.45, 2.75) is 0 Å². The summed E-state index contributed by atoms with van der Waals surface area (Å²) in [5, 5.41) is 40.1. The highest BCUT2D eigenvalue weighted by atomic mass is 16.6. The predicted octanol–water partition coefficient (Wildman–Crippen LogP) is -0.285. The molecule has 2 rings (SSSR count). The van der Waals surface area contributed by atoms with Crippen LogP contribution in [0.15, 0.2) is 6.20 Å². The van der Waals surface area contributed by atoms with E-state index in [4.69, 9.17) is 0 Å². The first-order chi connectivity index (χ1) is 8.90. The maximum atomic E-state index is 10.6. The fraction of sp³-hybridized carbons (Fsp3) is 0. The summed E-state index contributed by atoms with van der Waals surface area (Å²) in [5.74, 6) is -2.17. The molecule has 14 heteroatoms. The standard InChI is InChI=1S/C5H2N8O6/c14-11(15)2-1-10(9-3(2)12(16)17)4-6-5(8-7-4)13(18)19/h1H,(H,6,7,8). The summed E-state index contributed by atoms with van der Waals surface area (Å²) < 4.78 is 0.597. The van der Waals surface area contributed by atoms with Gasteiger partial charge in [0.2, 0.25) is 0 Å². The first-order valence-electron chi connectivity index (χ1n) is 4.35. The third-order valence-corrected chi connectivity index (χ3v) is 1.89. The lowest BCUT2D eigenvalue weighted by Gasteiger charge is -1.85. The molecule has 0 atom stereocenters. The molecule has 19 heavy (non-hydrogen) atoms. The van der Waals surface area contributed by atoms with Crippen LogP contribution in [-0.2, 0) is 0 Å². The average Bonchev–Trinajstić information content (AvgIpc) is 2.95. The van der Waals surface area contributed by atoms with E-state index in [1.165, 1.54) is 0 Å². The smallest absolute Gasteiger partial charge is 0.390 e. The summed E-state index contributed by atoms with van der Waals surface area (Å²) in [5.41, 5.74) is -0.877. The molecule has 0 bridgehead atoms. The zero-order valence-corrected chi connectivity index (χ0v) is 8.66. The van der Waals surface area contributed by atoms with E-state index < -0.39 is 38.2 Å². The normalized spacial score (nSPS) is 10.3. The Labute approximate surface area is 101 Å². The van der Waals surface area contributed by atoms with Crippen LogP contribution in [0.2, 0.25) is 0 Å². The largest absolute Gasteiger partial charge is 0.468 e. The van der Waals surface area contributed by atoms with Gasteiger partial charge in [0.1, 0.15) is 6.20 Å². The Hall–Kier alpha value is -3.45. The molecule has 0 aliphatic carbocycles. The van der Waals surface area contributed by atoms with E-state index in [2.05, 4.69) is 15.2 Å². The van der Waals surface area contributed by atoms with Crippen molar-refractivity contribution in [3.63, 3.8) is 0 Å². The summed E-state index contributed by atoms with van der Waals surface area (Å²) in [6.07, 6.45) is 0.686. The van der Waals surface area contributed by atoms with Gasteiger partial charge in [0.25, 0.3) is 0 Å². The Morgan fingerprint density at radius 1 is 1.11 bits per heavy atom. The van der Waals surface area contributed by atoms with Crippen molar-refractivity contribution < 1.29 is 14.8 Å². The van der Waals surface area contributed by atoms with Crippen molar-refractivity contribution in [3.05, 3.63) is 36.5 Å². The van der Waals surface area contributed by atoms with Crippen LogP contribution in [-0.4, -0.2) is 39.7 Å². The molecule has 0 aliphatic heterocycles. The molecule has 0 radical (unpaired) electrons. The molecule has 0 fully saturated rings. The molecule has 0 saturated carbocycles. The lowest BCUT2D eigenvalue weighted by molar-refractivity contribution is -0.424. The third-order valence-electron chi connectivity index (χ3n) is 1.89. The Morgan fingerprint density at radius 3 is 2.21 bits per heavy atom. The van der Waals surface area contributed by atoms with Crippen LogP contribution in [0.4, 0.5) is 17.5 Å². The lowest BCUT2D eigenvalue weighted by atomic mass is 10.5. The second-order valence-electron chi connectivity index (χ2n) is 3.01. The van der Waals surface area contributed by atoms with Crippen molar-refractivity contribution >= 4 is 17.5 Å². The van der Waals surface area contributed by atoms with Crippen molar-refractivity contribution in [1.29, 1.82) is 0 Å². The highest BCUT2D eigenvalue weighted by Gasteiger charge is 2.33. The zero-order valence-electron chi connectivity index (χ0n) is 8.66. The van der Waals surface area contributed by atoms with Crippen molar-refractivity contribution in [3.8, 4) is 5.95 Å². The van der Waals surface area contributed by atoms with Gasteiger partial charge in [-0.25, -0.2) is 0 Å². The Morgan fingerprint density at radius 2 is 1.79 bits per heavy atom. The van der Waals surface area contributed by atoms with Gasteiger partial charge in [-0.05, 0) is 14.8 Å². The Balaban J connectivity index is 2.50. The Kier molecular flexibility index (Phi) is 2.59. The molecule has 2 aromatic heterocycles. The van der Waals surface area contributed by atoms with E-state index >= 15 is 0 Å². The summed E-state index contributed by atoms with van der Waals surface area (Å²) in [6.45, 7) is 0. The van der Waals surface area contributed by atoms with Crippen molar-refractivity contribution in [2.75, 3.05) is 0 Å². The topological polar surface area (TPSA) is 189 Å². The molecule has 0 saturated heterocycles. The summed E-state index contributed by atoms with van der Waals surface area (Å²) >= 11 is 0. The highest BCUT2D eigenvalue weighted by molar-refractivity contribution is 5.45. The number of nitrogens with one attached hydrogen (secondary N) is 1. The van der Waals surface area contributed by atoms with Gasteiger partial charge in [0.15, 0.2) is 0 Å². The minimum absolute atomic E-state index is 0.428. The fourth-order valence-corrected chi connectivity index (χ4v) is 1.15. The summed E-state index contributed by atoms with van der Waals surface area (Å²) in [4.78, 5) is 31.9. The predicted molar refractivity (Wildman–Crippen MR) is 53.5 cm³/mol. The summed E-state index contributed by atoms with van der Waals surface area (Å²) in [7, 11) is 0. The molecule has 0 aromatic carbocycles. The number of rotatable bonds is 4. The van der Waals surface area contributed by atoms with E-state index in [1.54, 1.807) is 0 Å². The van der Waals surface area contributed by atoms with Gasteiger partial charge in [-0.1, -0.05) is 9.78 Å². The van der Waals surface area contributed by atoms with Crippen LogP contribution >= 0.6 is 0 Å². The molecule has 0 amide bonds. The first kappa shape index (κ1) is 12.0. The van der Waals surface area contributed by atoms with Gasteiger partial charge < -0.3 is 20.2 Å².